The first-order chi connectivity index (χ1) is 18.0. The average molecular weight is 608 g/mol. The van der Waals surface area contributed by atoms with Crippen molar-refractivity contribution >= 4 is 38.4 Å². The minimum absolute atomic E-state index is 0.0303. The summed E-state index contributed by atoms with van der Waals surface area (Å²) in [6.45, 7) is 0.869. The number of nitrogens with one attached hydrogen (secondary N) is 1. The number of aliphatic hydroxyl groups is 1. The quantitative estimate of drug-likeness (QED) is 0.398. The Morgan fingerprint density at radius 1 is 1.03 bits per heavy atom. The van der Waals surface area contributed by atoms with Crippen LogP contribution in [-0.2, 0) is 25.6 Å². The summed E-state index contributed by atoms with van der Waals surface area (Å²) in [5, 5.41) is 10.1. The molecule has 0 spiro atoms. The van der Waals surface area contributed by atoms with Crippen LogP contribution in [0.5, 0.6) is 0 Å². The molecule has 14 heteroatoms. The van der Waals surface area contributed by atoms with Gasteiger partial charge in [-0.3, -0.25) is 0 Å². The highest BCUT2D eigenvalue weighted by Gasteiger charge is 2.51. The first-order valence-electron chi connectivity index (χ1n) is 12.4. The van der Waals surface area contributed by atoms with Crippen molar-refractivity contribution in [1.82, 2.24) is 9.03 Å². The van der Waals surface area contributed by atoms with E-state index in [0.717, 1.165) is 25.5 Å². The first kappa shape index (κ1) is 30.1. The molecule has 0 aromatic heterocycles. The van der Waals surface area contributed by atoms with E-state index in [2.05, 4.69) is 17.4 Å². The molecule has 2 aliphatic rings. The fourth-order valence-electron chi connectivity index (χ4n) is 5.12. The zero-order valence-electron chi connectivity index (χ0n) is 21.5. The van der Waals surface area contributed by atoms with Crippen LogP contribution in [0, 0.1) is 5.92 Å². The second-order valence-electron chi connectivity index (χ2n) is 10.3. The molecule has 3 atom stereocenters. The van der Waals surface area contributed by atoms with Gasteiger partial charge in [-0.15, -0.1) is 12.6 Å². The van der Waals surface area contributed by atoms with E-state index < -0.39 is 43.9 Å². The number of thiol groups is 1. The van der Waals surface area contributed by atoms with Crippen molar-refractivity contribution in [2.75, 3.05) is 30.8 Å². The molecule has 0 amide bonds. The zero-order chi connectivity index (χ0) is 28.8. The normalized spacial score (nSPS) is 22.2. The van der Waals surface area contributed by atoms with Gasteiger partial charge in [0, 0.05) is 36.3 Å². The van der Waals surface area contributed by atoms with Crippen LogP contribution >= 0.6 is 12.6 Å². The number of anilines is 1. The summed E-state index contributed by atoms with van der Waals surface area (Å²) in [5.41, 5.74) is -2.90. The van der Waals surface area contributed by atoms with E-state index in [1.165, 1.54) is 34.6 Å². The lowest BCUT2D eigenvalue weighted by Crippen LogP contribution is -2.64. The molecule has 2 aromatic rings. The van der Waals surface area contributed by atoms with Crippen LogP contribution in [0.1, 0.15) is 31.7 Å². The van der Waals surface area contributed by atoms with Crippen molar-refractivity contribution in [3.8, 4) is 0 Å². The van der Waals surface area contributed by atoms with Gasteiger partial charge in [0.1, 0.15) is 0 Å². The van der Waals surface area contributed by atoms with E-state index in [1.807, 2.05) is 4.90 Å². The number of nitrogens with zero attached hydrogens (tertiary/aromatic N) is 2. The third-order valence-corrected chi connectivity index (χ3v) is 10.8. The lowest BCUT2D eigenvalue weighted by Gasteiger charge is -2.49. The van der Waals surface area contributed by atoms with E-state index >= 15 is 0 Å². The number of sulfonamides is 2. The average Bonchev–Trinajstić information content (AvgIpc) is 2.81. The van der Waals surface area contributed by atoms with Crippen molar-refractivity contribution in [3.63, 3.8) is 0 Å². The summed E-state index contributed by atoms with van der Waals surface area (Å²) in [5.74, 6) is -0.0303. The predicted octanol–water partition coefficient (Wildman–Crippen LogP) is 3.34. The van der Waals surface area contributed by atoms with Gasteiger partial charge in [0.05, 0.1) is 17.2 Å². The molecule has 39 heavy (non-hydrogen) atoms. The van der Waals surface area contributed by atoms with E-state index in [-0.39, 0.29) is 40.9 Å². The molecule has 2 fully saturated rings. The van der Waals surface area contributed by atoms with Gasteiger partial charge >= 0.3 is 6.18 Å². The van der Waals surface area contributed by atoms with Gasteiger partial charge in [0.25, 0.3) is 0 Å². The highest BCUT2D eigenvalue weighted by molar-refractivity contribution is 7.90. The summed E-state index contributed by atoms with van der Waals surface area (Å²) in [6.07, 6.45) is -1.40. The predicted molar refractivity (Wildman–Crippen MR) is 145 cm³/mol. The van der Waals surface area contributed by atoms with Crippen LogP contribution in [0.3, 0.4) is 0 Å². The molecule has 216 valence electrons. The van der Waals surface area contributed by atoms with Gasteiger partial charge in [-0.05, 0) is 55.5 Å². The number of halogens is 3. The highest BCUT2D eigenvalue weighted by atomic mass is 32.2. The number of hydrogen-bond acceptors (Lipinski definition) is 7. The van der Waals surface area contributed by atoms with Crippen molar-refractivity contribution in [3.05, 3.63) is 54.1 Å². The lowest BCUT2D eigenvalue weighted by atomic mass is 9.76. The Kier molecular flexibility index (Phi) is 8.39. The maximum Gasteiger partial charge on any atom is 0.421 e. The number of piperazine rings is 1. The Balaban J connectivity index is 1.72. The smallest absolute Gasteiger partial charge is 0.376 e. The van der Waals surface area contributed by atoms with Crippen LogP contribution < -0.4 is 9.62 Å². The van der Waals surface area contributed by atoms with Crippen molar-refractivity contribution in [2.24, 2.45) is 5.92 Å². The van der Waals surface area contributed by atoms with Gasteiger partial charge in [-0.1, -0.05) is 30.7 Å². The summed E-state index contributed by atoms with van der Waals surface area (Å²) in [6, 6.07) is 10.3. The second-order valence-corrected chi connectivity index (χ2v) is 14.5. The molecule has 1 aliphatic heterocycles. The highest BCUT2D eigenvalue weighted by Crippen LogP contribution is 2.40. The SMILES string of the molecule is C[C@@](O)(c1ccc(N2CCN(S(=O)(=O)c3ccccc3S)C[C@@H]2C(NS(C)(=O)=O)C2CCC2)cc1)C(F)(F)F. The van der Waals surface area contributed by atoms with Gasteiger partial charge in [-0.25, -0.2) is 21.6 Å². The lowest BCUT2D eigenvalue weighted by molar-refractivity contribution is -0.258. The standard InChI is InChI=1S/C25H32F3N3O5S3/c1-24(32,25(26,27)28)18-10-12-19(13-11-18)31-15-14-30(39(35,36)22-9-4-3-8-21(22)37)16-20(31)23(17-6-5-7-17)29-38(2,33)34/h3-4,8-13,17,20,23,29,32,37H,5-7,14-16H2,1-2H3/t20-,23?,24-/m1/s1. The molecule has 1 unspecified atom stereocenters. The number of benzene rings is 2. The van der Waals surface area contributed by atoms with Crippen molar-refractivity contribution in [1.29, 1.82) is 0 Å². The van der Waals surface area contributed by atoms with E-state index in [9.17, 15) is 35.1 Å². The third kappa shape index (κ3) is 6.25. The molecule has 0 bridgehead atoms. The van der Waals surface area contributed by atoms with Crippen molar-refractivity contribution in [2.45, 2.75) is 59.8 Å². The first-order valence-corrected chi connectivity index (χ1v) is 16.2. The van der Waals surface area contributed by atoms with Crippen molar-refractivity contribution < 1.29 is 35.1 Å². The Bertz CT molecular complexity index is 1400. The maximum atomic E-state index is 13.6. The van der Waals surface area contributed by atoms with Crippen LogP contribution in [0.2, 0.25) is 0 Å². The zero-order valence-corrected chi connectivity index (χ0v) is 24.0. The van der Waals surface area contributed by atoms with Crippen LogP contribution in [0.15, 0.2) is 58.3 Å². The van der Waals surface area contributed by atoms with Crippen LogP contribution in [0.25, 0.3) is 0 Å². The largest absolute Gasteiger partial charge is 0.421 e. The minimum atomic E-state index is -4.88. The topological polar surface area (TPSA) is 107 Å². The second kappa shape index (κ2) is 10.9. The molecule has 0 radical (unpaired) electrons. The fraction of sp³-hybridized carbons (Fsp3) is 0.520. The minimum Gasteiger partial charge on any atom is -0.376 e. The van der Waals surface area contributed by atoms with E-state index in [0.29, 0.717) is 12.6 Å². The summed E-state index contributed by atoms with van der Waals surface area (Å²) < 4.78 is 96.0. The Hall–Kier alpha value is -1.84. The van der Waals surface area contributed by atoms with Gasteiger partial charge in [0.15, 0.2) is 5.60 Å². The van der Waals surface area contributed by atoms with Gasteiger partial charge < -0.3 is 10.0 Å². The Labute approximate surface area is 232 Å². The molecule has 8 nitrogen and oxygen atoms in total. The Morgan fingerprint density at radius 2 is 1.64 bits per heavy atom. The molecule has 1 saturated carbocycles. The van der Waals surface area contributed by atoms with Crippen LogP contribution in [0.4, 0.5) is 18.9 Å². The summed E-state index contributed by atoms with van der Waals surface area (Å²) in [7, 11) is -7.64. The molecule has 2 N–H and O–H groups in total. The molecular formula is C25H32F3N3O5S3. The van der Waals surface area contributed by atoms with E-state index in [1.54, 1.807) is 18.2 Å². The monoisotopic (exact) mass is 607 g/mol. The molecular weight excluding hydrogens is 575 g/mol. The fourth-order valence-corrected chi connectivity index (χ4v) is 8.00. The molecule has 4 rings (SSSR count). The molecule has 1 aliphatic carbocycles. The molecule has 1 saturated heterocycles. The summed E-state index contributed by atoms with van der Waals surface area (Å²) >= 11 is 4.31. The number of alkyl halides is 3. The van der Waals surface area contributed by atoms with E-state index in [4.69, 9.17) is 0 Å². The molecule has 2 aromatic carbocycles. The van der Waals surface area contributed by atoms with Crippen LogP contribution in [-0.4, -0.2) is 70.4 Å². The third-order valence-electron chi connectivity index (χ3n) is 7.60. The Morgan fingerprint density at radius 3 is 2.15 bits per heavy atom. The maximum absolute atomic E-state index is 13.6. The van der Waals surface area contributed by atoms with Gasteiger partial charge in [0.2, 0.25) is 20.0 Å². The molecule has 1 heterocycles. The number of hydrogen-bond donors (Lipinski definition) is 3. The van der Waals surface area contributed by atoms with Gasteiger partial charge in [-0.2, -0.15) is 17.5 Å². The number of rotatable bonds is 8. The summed E-state index contributed by atoms with van der Waals surface area (Å²) in [4.78, 5) is 2.16.